The van der Waals surface area contributed by atoms with Crippen LogP contribution in [0.3, 0.4) is 0 Å². The first kappa shape index (κ1) is 20.3. The van der Waals surface area contributed by atoms with Crippen molar-refractivity contribution >= 4 is 46.0 Å². The third-order valence-electron chi connectivity index (χ3n) is 4.56. The van der Waals surface area contributed by atoms with E-state index in [4.69, 9.17) is 17.0 Å². The number of rotatable bonds is 5. The standard InChI is InChI=1S/C24H18FNO2S2/c1-16-5-7-17(8-6-16)15-28-21-4-2-3-18(13-21)14-22-23(27)26(24(29)30-22)20-11-9-19(25)10-12-20/h2-14H,15H2,1H3. The summed E-state index contributed by atoms with van der Waals surface area (Å²) in [6.45, 7) is 2.52. The van der Waals surface area contributed by atoms with Crippen molar-refractivity contribution in [1.29, 1.82) is 0 Å². The summed E-state index contributed by atoms with van der Waals surface area (Å²) in [7, 11) is 0. The first-order valence-corrected chi connectivity index (χ1v) is 10.5. The molecule has 1 aliphatic heterocycles. The van der Waals surface area contributed by atoms with Crippen LogP contribution in [0.4, 0.5) is 10.1 Å². The minimum absolute atomic E-state index is 0.220. The minimum Gasteiger partial charge on any atom is -0.489 e. The van der Waals surface area contributed by atoms with Gasteiger partial charge < -0.3 is 4.74 Å². The Balaban J connectivity index is 1.49. The van der Waals surface area contributed by atoms with E-state index in [2.05, 4.69) is 12.1 Å². The molecule has 0 radical (unpaired) electrons. The number of aryl methyl sites for hydroxylation is 1. The van der Waals surface area contributed by atoms with Gasteiger partial charge in [0.1, 0.15) is 18.2 Å². The molecular weight excluding hydrogens is 417 g/mol. The number of amides is 1. The molecule has 1 aliphatic rings. The summed E-state index contributed by atoms with van der Waals surface area (Å²) in [4.78, 5) is 14.8. The third kappa shape index (κ3) is 4.61. The van der Waals surface area contributed by atoms with Crippen LogP contribution in [-0.2, 0) is 11.4 Å². The molecule has 0 spiro atoms. The van der Waals surface area contributed by atoms with Gasteiger partial charge in [-0.2, -0.15) is 0 Å². The van der Waals surface area contributed by atoms with Crippen molar-refractivity contribution in [2.24, 2.45) is 0 Å². The average molecular weight is 436 g/mol. The lowest BCUT2D eigenvalue weighted by Gasteiger charge is -2.14. The van der Waals surface area contributed by atoms with Crippen molar-refractivity contribution in [3.05, 3.63) is 100 Å². The molecular formula is C24H18FNO2S2. The fraction of sp³-hybridized carbons (Fsp3) is 0.0833. The maximum absolute atomic E-state index is 13.2. The van der Waals surface area contributed by atoms with E-state index >= 15 is 0 Å². The lowest BCUT2D eigenvalue weighted by molar-refractivity contribution is -0.113. The largest absolute Gasteiger partial charge is 0.489 e. The van der Waals surface area contributed by atoms with Crippen LogP contribution in [0.1, 0.15) is 16.7 Å². The van der Waals surface area contributed by atoms with Gasteiger partial charge in [0.2, 0.25) is 0 Å². The number of carbonyl (C=O) groups is 1. The van der Waals surface area contributed by atoms with Crippen molar-refractivity contribution in [1.82, 2.24) is 0 Å². The van der Waals surface area contributed by atoms with Crippen LogP contribution >= 0.6 is 24.0 Å². The number of nitrogens with zero attached hydrogens (tertiary/aromatic N) is 1. The Morgan fingerprint density at radius 1 is 1.07 bits per heavy atom. The Labute approximate surface area is 184 Å². The van der Waals surface area contributed by atoms with E-state index in [1.54, 1.807) is 18.2 Å². The fourth-order valence-corrected chi connectivity index (χ4v) is 4.28. The van der Waals surface area contributed by atoms with Crippen molar-refractivity contribution in [3.8, 4) is 5.75 Å². The Hall–Kier alpha value is -2.96. The summed E-state index contributed by atoms with van der Waals surface area (Å²) >= 11 is 6.59. The Bertz CT molecular complexity index is 1120. The number of hydrogen-bond donors (Lipinski definition) is 0. The van der Waals surface area contributed by atoms with Crippen molar-refractivity contribution < 1.29 is 13.9 Å². The molecule has 1 fully saturated rings. The molecule has 3 nitrogen and oxygen atoms in total. The van der Waals surface area contributed by atoms with E-state index in [0.29, 0.717) is 21.5 Å². The van der Waals surface area contributed by atoms with Crippen molar-refractivity contribution in [2.75, 3.05) is 4.90 Å². The maximum atomic E-state index is 13.2. The Kier molecular flexibility index (Phi) is 5.97. The molecule has 150 valence electrons. The van der Waals surface area contributed by atoms with Crippen LogP contribution in [0.25, 0.3) is 6.08 Å². The minimum atomic E-state index is -0.359. The van der Waals surface area contributed by atoms with Gasteiger partial charge in [-0.1, -0.05) is 65.9 Å². The number of thioether (sulfide) groups is 1. The molecule has 6 heteroatoms. The van der Waals surface area contributed by atoms with E-state index in [-0.39, 0.29) is 11.7 Å². The Morgan fingerprint density at radius 2 is 1.80 bits per heavy atom. The highest BCUT2D eigenvalue weighted by atomic mass is 32.2. The van der Waals surface area contributed by atoms with Crippen LogP contribution in [0, 0.1) is 12.7 Å². The molecule has 1 heterocycles. The van der Waals surface area contributed by atoms with E-state index < -0.39 is 0 Å². The molecule has 3 aromatic rings. The maximum Gasteiger partial charge on any atom is 0.270 e. The first-order chi connectivity index (χ1) is 14.5. The molecule has 3 aromatic carbocycles. The van der Waals surface area contributed by atoms with Gasteiger partial charge in [0.25, 0.3) is 5.91 Å². The predicted octanol–water partition coefficient (Wildman–Crippen LogP) is 6.12. The second-order valence-electron chi connectivity index (χ2n) is 6.84. The number of thiocarbonyl (C=S) groups is 1. The lowest BCUT2D eigenvalue weighted by atomic mass is 10.1. The summed E-state index contributed by atoms with van der Waals surface area (Å²) < 4.78 is 19.5. The van der Waals surface area contributed by atoms with Gasteiger partial charge in [-0.15, -0.1) is 0 Å². The molecule has 0 bridgehead atoms. The SMILES string of the molecule is Cc1ccc(COc2cccc(C=C3SC(=S)N(c4ccc(F)cc4)C3=O)c2)cc1. The molecule has 0 saturated carbocycles. The topological polar surface area (TPSA) is 29.5 Å². The highest BCUT2D eigenvalue weighted by molar-refractivity contribution is 8.27. The number of halogens is 1. The van der Waals surface area contributed by atoms with Crippen LogP contribution in [0.2, 0.25) is 0 Å². The van der Waals surface area contributed by atoms with Crippen LogP contribution < -0.4 is 9.64 Å². The molecule has 0 aliphatic carbocycles. The van der Waals surface area contributed by atoms with Crippen molar-refractivity contribution in [2.45, 2.75) is 13.5 Å². The highest BCUT2D eigenvalue weighted by Gasteiger charge is 2.33. The molecule has 0 unspecified atom stereocenters. The number of carbonyl (C=O) groups excluding carboxylic acids is 1. The van der Waals surface area contributed by atoms with Gasteiger partial charge in [-0.25, -0.2) is 4.39 Å². The molecule has 0 N–H and O–H groups in total. The van der Waals surface area contributed by atoms with E-state index in [1.807, 2.05) is 43.3 Å². The monoisotopic (exact) mass is 435 g/mol. The molecule has 4 rings (SSSR count). The summed E-state index contributed by atoms with van der Waals surface area (Å²) in [6, 6.07) is 21.5. The van der Waals surface area contributed by atoms with E-state index in [1.165, 1.54) is 34.4 Å². The molecule has 30 heavy (non-hydrogen) atoms. The number of benzene rings is 3. The van der Waals surface area contributed by atoms with Gasteiger partial charge in [-0.3, -0.25) is 9.69 Å². The fourth-order valence-electron chi connectivity index (χ4n) is 2.98. The van der Waals surface area contributed by atoms with Crippen LogP contribution in [0.5, 0.6) is 5.75 Å². The first-order valence-electron chi connectivity index (χ1n) is 9.31. The zero-order valence-corrected chi connectivity index (χ0v) is 17.8. The summed E-state index contributed by atoms with van der Waals surface area (Å²) in [5, 5.41) is 0. The number of anilines is 1. The second-order valence-corrected chi connectivity index (χ2v) is 8.52. The lowest BCUT2D eigenvalue weighted by Crippen LogP contribution is -2.27. The molecule has 1 amide bonds. The van der Waals surface area contributed by atoms with Crippen LogP contribution in [-0.4, -0.2) is 10.2 Å². The average Bonchev–Trinajstić information content (AvgIpc) is 3.02. The van der Waals surface area contributed by atoms with Gasteiger partial charge in [0, 0.05) is 0 Å². The second kappa shape index (κ2) is 8.81. The van der Waals surface area contributed by atoms with Gasteiger partial charge in [0.05, 0.1) is 10.6 Å². The Morgan fingerprint density at radius 3 is 2.53 bits per heavy atom. The zero-order valence-electron chi connectivity index (χ0n) is 16.2. The van der Waals surface area contributed by atoms with Gasteiger partial charge in [0.15, 0.2) is 4.32 Å². The summed E-state index contributed by atoms with van der Waals surface area (Å²) in [5.41, 5.74) is 3.69. The van der Waals surface area contributed by atoms with Gasteiger partial charge in [-0.05, 0) is 60.5 Å². The number of hydrogen-bond acceptors (Lipinski definition) is 4. The normalized spacial score (nSPS) is 15.1. The van der Waals surface area contributed by atoms with Crippen molar-refractivity contribution in [3.63, 3.8) is 0 Å². The molecule has 0 aromatic heterocycles. The smallest absolute Gasteiger partial charge is 0.270 e. The van der Waals surface area contributed by atoms with E-state index in [9.17, 15) is 9.18 Å². The quantitative estimate of drug-likeness (QED) is 0.357. The molecule has 0 atom stereocenters. The summed E-state index contributed by atoms with van der Waals surface area (Å²) in [5.74, 6) is 0.142. The zero-order chi connectivity index (χ0) is 21.1. The predicted molar refractivity (Wildman–Crippen MR) is 124 cm³/mol. The van der Waals surface area contributed by atoms with E-state index in [0.717, 1.165) is 16.9 Å². The molecule has 1 saturated heterocycles. The van der Waals surface area contributed by atoms with Gasteiger partial charge >= 0.3 is 0 Å². The summed E-state index contributed by atoms with van der Waals surface area (Å²) in [6.07, 6.45) is 1.79. The van der Waals surface area contributed by atoms with Crippen LogP contribution in [0.15, 0.2) is 77.7 Å². The number of ether oxygens (including phenoxy) is 1. The third-order valence-corrected chi connectivity index (χ3v) is 5.86. The highest BCUT2D eigenvalue weighted by Crippen LogP contribution is 2.36.